The molecule has 0 aliphatic rings. The van der Waals surface area contributed by atoms with Gasteiger partial charge in [0.05, 0.1) is 5.10 Å². The van der Waals surface area contributed by atoms with Crippen molar-refractivity contribution in [1.29, 1.82) is 0 Å². The minimum atomic E-state index is -1.55. The average molecular weight is 303 g/mol. The number of aromatic nitrogens is 3. The average Bonchev–Trinajstić information content (AvgIpc) is 2.72. The Balaban J connectivity index is 2.60. The van der Waals surface area contributed by atoms with Crippen LogP contribution < -0.4 is 0 Å². The van der Waals surface area contributed by atoms with Gasteiger partial charge in [-0.3, -0.25) is 0 Å². The number of carboxylic acid groups (broad SMARTS) is 1. The molecule has 0 amide bonds. The number of nitrogens with zero attached hydrogens (tertiary/aromatic N) is 4. The van der Waals surface area contributed by atoms with E-state index >= 15 is 0 Å². The Bertz CT molecular complexity index is 633. The zero-order valence-electron chi connectivity index (χ0n) is 8.95. The summed E-state index contributed by atoms with van der Waals surface area (Å²) in [5, 5.41) is 27.0. The first-order chi connectivity index (χ1) is 8.88. The van der Waals surface area contributed by atoms with Gasteiger partial charge in [-0.15, -0.1) is 5.10 Å². The van der Waals surface area contributed by atoms with Crippen molar-refractivity contribution in [3.8, 4) is 5.69 Å². The molecule has 0 aliphatic carbocycles. The van der Waals surface area contributed by atoms with Crippen LogP contribution in [-0.4, -0.2) is 31.0 Å². The van der Waals surface area contributed by atoms with E-state index in [1.165, 1.54) is 18.2 Å². The molecule has 0 saturated heterocycles. The van der Waals surface area contributed by atoms with Crippen LogP contribution in [0.5, 0.6) is 0 Å². The van der Waals surface area contributed by atoms with Crippen LogP contribution in [0.4, 0.5) is 5.82 Å². The van der Waals surface area contributed by atoms with Gasteiger partial charge in [0.2, 0.25) is 0 Å². The van der Waals surface area contributed by atoms with Gasteiger partial charge in [-0.05, 0) is 23.1 Å². The summed E-state index contributed by atoms with van der Waals surface area (Å²) in [5.41, 5.74) is -0.547. The fourth-order valence-electron chi connectivity index (χ4n) is 1.33. The molecular formula is C9H4Cl2N4O4. The molecule has 19 heavy (non-hydrogen) atoms. The molecule has 1 heterocycles. The number of carboxylic acids is 1. The standard InChI is InChI=1S/C9H4Cl2N4O4/c10-4-1-5(11)3-6(2-4)14-12-7(9(16)17)8(13-14)15(18)19/h1-3H,(H,16,17). The van der Waals surface area contributed by atoms with Crippen LogP contribution in [0.3, 0.4) is 0 Å². The van der Waals surface area contributed by atoms with Gasteiger partial charge in [0.15, 0.2) is 0 Å². The SMILES string of the molecule is O=C(O)c1nn(-c2cc(Cl)cc(Cl)c2)nc1[N+](=O)[O-]. The third-order valence-corrected chi connectivity index (χ3v) is 2.49. The molecule has 0 bridgehead atoms. The van der Waals surface area contributed by atoms with E-state index in [-0.39, 0.29) is 15.7 Å². The minimum absolute atomic E-state index is 0.216. The van der Waals surface area contributed by atoms with E-state index in [2.05, 4.69) is 10.2 Å². The van der Waals surface area contributed by atoms with Crippen molar-refractivity contribution < 1.29 is 14.8 Å². The molecule has 2 rings (SSSR count). The summed E-state index contributed by atoms with van der Waals surface area (Å²) >= 11 is 11.5. The number of hydrogen-bond acceptors (Lipinski definition) is 5. The number of halogens is 2. The first kappa shape index (κ1) is 13.2. The molecule has 0 unspecified atom stereocenters. The summed E-state index contributed by atoms with van der Waals surface area (Å²) in [7, 11) is 0. The van der Waals surface area contributed by atoms with Crippen LogP contribution in [0.1, 0.15) is 10.5 Å². The van der Waals surface area contributed by atoms with Crippen molar-refractivity contribution in [1.82, 2.24) is 15.0 Å². The lowest BCUT2D eigenvalue weighted by Gasteiger charge is -1.97. The smallest absolute Gasteiger partial charge is 0.425 e. The van der Waals surface area contributed by atoms with Crippen molar-refractivity contribution in [2.24, 2.45) is 0 Å². The molecule has 98 valence electrons. The van der Waals surface area contributed by atoms with E-state index in [4.69, 9.17) is 28.3 Å². The first-order valence-corrected chi connectivity index (χ1v) is 5.45. The Morgan fingerprint density at radius 1 is 1.26 bits per heavy atom. The minimum Gasteiger partial charge on any atom is -0.476 e. The van der Waals surface area contributed by atoms with Gasteiger partial charge in [0.25, 0.3) is 5.69 Å². The zero-order valence-corrected chi connectivity index (χ0v) is 10.5. The molecule has 0 spiro atoms. The molecule has 0 radical (unpaired) electrons. The summed E-state index contributed by atoms with van der Waals surface area (Å²) in [5.74, 6) is -2.41. The molecule has 1 N–H and O–H groups in total. The predicted molar refractivity (Wildman–Crippen MR) is 65.0 cm³/mol. The normalized spacial score (nSPS) is 10.4. The maximum absolute atomic E-state index is 10.8. The molecule has 0 fully saturated rings. The lowest BCUT2D eigenvalue weighted by Crippen LogP contribution is -2.03. The Labute approximate surface area is 115 Å². The monoisotopic (exact) mass is 302 g/mol. The first-order valence-electron chi connectivity index (χ1n) is 4.70. The number of aromatic carboxylic acids is 1. The molecule has 2 aromatic rings. The molecule has 1 aromatic heterocycles. The van der Waals surface area contributed by atoms with Gasteiger partial charge >= 0.3 is 11.8 Å². The van der Waals surface area contributed by atoms with E-state index in [9.17, 15) is 14.9 Å². The van der Waals surface area contributed by atoms with Crippen LogP contribution >= 0.6 is 23.2 Å². The third kappa shape index (κ3) is 2.64. The van der Waals surface area contributed by atoms with Gasteiger partial charge in [-0.1, -0.05) is 28.0 Å². The zero-order chi connectivity index (χ0) is 14.2. The number of nitro groups is 1. The second-order valence-corrected chi connectivity index (χ2v) is 4.22. The maximum Gasteiger partial charge on any atom is 0.425 e. The van der Waals surface area contributed by atoms with Gasteiger partial charge in [0.1, 0.15) is 5.69 Å². The molecule has 1 aromatic carbocycles. The number of rotatable bonds is 3. The summed E-state index contributed by atoms with van der Waals surface area (Å²) in [6.07, 6.45) is 0. The fourth-order valence-corrected chi connectivity index (χ4v) is 1.85. The molecule has 0 atom stereocenters. The summed E-state index contributed by atoms with van der Waals surface area (Å²) in [6.45, 7) is 0. The van der Waals surface area contributed by atoms with Gasteiger partial charge in [-0.2, -0.15) is 0 Å². The van der Waals surface area contributed by atoms with E-state index in [0.29, 0.717) is 0 Å². The number of hydrogen-bond donors (Lipinski definition) is 1. The second-order valence-electron chi connectivity index (χ2n) is 3.35. The molecule has 0 saturated carbocycles. The Hall–Kier alpha value is -2.19. The van der Waals surface area contributed by atoms with Gasteiger partial charge in [-0.25, -0.2) is 4.79 Å². The van der Waals surface area contributed by atoms with Crippen molar-refractivity contribution in [2.45, 2.75) is 0 Å². The van der Waals surface area contributed by atoms with Crippen LogP contribution in [-0.2, 0) is 0 Å². The van der Waals surface area contributed by atoms with Gasteiger partial charge < -0.3 is 15.2 Å². The molecular weight excluding hydrogens is 299 g/mol. The maximum atomic E-state index is 10.8. The molecule has 8 nitrogen and oxygen atoms in total. The lowest BCUT2D eigenvalue weighted by molar-refractivity contribution is -0.390. The quantitative estimate of drug-likeness (QED) is 0.687. The summed E-state index contributed by atoms with van der Waals surface area (Å²) < 4.78 is 0. The van der Waals surface area contributed by atoms with Crippen LogP contribution in [0.2, 0.25) is 10.0 Å². The van der Waals surface area contributed by atoms with Crippen LogP contribution in [0, 0.1) is 10.1 Å². The highest BCUT2D eigenvalue weighted by Crippen LogP contribution is 2.22. The Kier molecular flexibility index (Phi) is 3.36. The van der Waals surface area contributed by atoms with Gasteiger partial charge in [0, 0.05) is 10.0 Å². The highest BCUT2D eigenvalue weighted by molar-refractivity contribution is 6.34. The van der Waals surface area contributed by atoms with Crippen molar-refractivity contribution in [3.05, 3.63) is 44.1 Å². The lowest BCUT2D eigenvalue weighted by atomic mass is 10.3. The van der Waals surface area contributed by atoms with E-state index < -0.39 is 22.4 Å². The number of benzene rings is 1. The largest absolute Gasteiger partial charge is 0.476 e. The summed E-state index contributed by atoms with van der Waals surface area (Å²) in [6, 6.07) is 4.23. The highest BCUT2D eigenvalue weighted by atomic mass is 35.5. The predicted octanol–water partition coefficient (Wildman–Crippen LogP) is 2.18. The van der Waals surface area contributed by atoms with E-state index in [1.54, 1.807) is 0 Å². The van der Waals surface area contributed by atoms with Crippen LogP contribution in [0.15, 0.2) is 18.2 Å². The number of carbonyl (C=O) groups is 1. The topological polar surface area (TPSA) is 111 Å². The highest BCUT2D eigenvalue weighted by Gasteiger charge is 2.29. The Morgan fingerprint density at radius 3 is 2.26 bits per heavy atom. The van der Waals surface area contributed by atoms with E-state index in [1.807, 2.05) is 0 Å². The molecule has 10 heteroatoms. The van der Waals surface area contributed by atoms with Crippen molar-refractivity contribution >= 4 is 35.0 Å². The Morgan fingerprint density at radius 2 is 1.84 bits per heavy atom. The van der Waals surface area contributed by atoms with Crippen molar-refractivity contribution in [2.75, 3.05) is 0 Å². The van der Waals surface area contributed by atoms with Crippen molar-refractivity contribution in [3.63, 3.8) is 0 Å². The molecule has 0 aliphatic heterocycles. The second kappa shape index (κ2) is 4.82. The third-order valence-electron chi connectivity index (χ3n) is 2.05. The van der Waals surface area contributed by atoms with Crippen LogP contribution in [0.25, 0.3) is 5.69 Å². The van der Waals surface area contributed by atoms with E-state index in [0.717, 1.165) is 4.80 Å². The fraction of sp³-hybridized carbons (Fsp3) is 0. The summed E-state index contributed by atoms with van der Waals surface area (Å²) in [4.78, 5) is 21.4.